The summed E-state index contributed by atoms with van der Waals surface area (Å²) >= 11 is 11.5. The van der Waals surface area contributed by atoms with E-state index < -0.39 is 22.7 Å². The van der Waals surface area contributed by atoms with Crippen LogP contribution in [0.3, 0.4) is 0 Å². The van der Waals surface area contributed by atoms with E-state index in [1.165, 1.54) is 0 Å². The molecule has 0 radical (unpaired) electrons. The van der Waals surface area contributed by atoms with E-state index in [0.29, 0.717) is 0 Å². The summed E-state index contributed by atoms with van der Waals surface area (Å²) in [4.78, 5) is 29.0. The molecule has 0 aliphatic carbocycles. The molecule has 0 saturated heterocycles. The highest BCUT2D eigenvalue weighted by atomic mass is 35.5. The molecule has 9 heteroatoms. The number of nitrogens with one attached hydrogen (secondary N) is 2. The third-order valence-corrected chi connectivity index (χ3v) is 3.51. The van der Waals surface area contributed by atoms with Crippen molar-refractivity contribution < 1.29 is 18.7 Å². The molecule has 0 saturated carbocycles. The summed E-state index contributed by atoms with van der Waals surface area (Å²) in [5, 5.41) is 5.25. The smallest absolute Gasteiger partial charge is 0.345 e. The summed E-state index contributed by atoms with van der Waals surface area (Å²) in [5.41, 5.74) is -0.607. The number of aromatic nitrogens is 1. The highest BCUT2D eigenvalue weighted by Crippen LogP contribution is 2.24. The number of pyridine rings is 1. The van der Waals surface area contributed by atoms with Gasteiger partial charge in [0.05, 0.1) is 12.2 Å². The standard InChI is InChI=1S/C17H22Cl2FN3O3/c1-6-26-17(25)12(16(21-8(2)3)22-9(4)5)13(24)10-7-11(20)15(19)23-14(10)18/h7-9,21-22H,6H2,1-5H3. The Balaban J connectivity index is 3.57. The SMILES string of the molecule is CCOC(=O)C(C(=O)c1cc(F)c(Cl)nc1Cl)=C(NC(C)C)NC(C)C. The molecule has 1 rings (SSSR count). The second-order valence-corrected chi connectivity index (χ2v) is 6.71. The van der Waals surface area contributed by atoms with E-state index in [1.807, 2.05) is 27.7 Å². The minimum Gasteiger partial charge on any atom is -0.462 e. The summed E-state index contributed by atoms with van der Waals surface area (Å²) in [6.45, 7) is 9.03. The van der Waals surface area contributed by atoms with Crippen molar-refractivity contribution >= 4 is 35.0 Å². The number of carbonyl (C=O) groups is 2. The molecule has 0 aromatic carbocycles. The predicted molar refractivity (Wildman–Crippen MR) is 98.7 cm³/mol. The third kappa shape index (κ3) is 5.85. The van der Waals surface area contributed by atoms with Crippen molar-refractivity contribution in [1.29, 1.82) is 0 Å². The average Bonchev–Trinajstić information content (AvgIpc) is 2.49. The molecule has 1 heterocycles. The molecule has 0 aliphatic heterocycles. The fraction of sp³-hybridized carbons (Fsp3) is 0.471. The van der Waals surface area contributed by atoms with Crippen molar-refractivity contribution in [2.45, 2.75) is 46.7 Å². The molecule has 0 bridgehead atoms. The van der Waals surface area contributed by atoms with Gasteiger partial charge in [0.2, 0.25) is 5.78 Å². The quantitative estimate of drug-likeness (QED) is 0.172. The van der Waals surface area contributed by atoms with Crippen LogP contribution in [-0.4, -0.2) is 35.4 Å². The van der Waals surface area contributed by atoms with Gasteiger partial charge in [0.15, 0.2) is 11.0 Å². The highest BCUT2D eigenvalue weighted by molar-refractivity contribution is 6.37. The van der Waals surface area contributed by atoms with Crippen LogP contribution < -0.4 is 10.6 Å². The van der Waals surface area contributed by atoms with Crippen LogP contribution in [0.1, 0.15) is 45.0 Å². The molecule has 0 spiro atoms. The number of ether oxygens (including phenoxy) is 1. The molecule has 0 fully saturated rings. The number of ketones is 1. The van der Waals surface area contributed by atoms with Gasteiger partial charge in [-0.3, -0.25) is 4.79 Å². The summed E-state index contributed by atoms with van der Waals surface area (Å²) in [6.07, 6.45) is 0. The zero-order valence-corrected chi connectivity index (χ0v) is 16.8. The molecule has 26 heavy (non-hydrogen) atoms. The van der Waals surface area contributed by atoms with Crippen molar-refractivity contribution in [2.75, 3.05) is 6.61 Å². The van der Waals surface area contributed by atoms with Gasteiger partial charge in [-0.05, 0) is 40.7 Å². The van der Waals surface area contributed by atoms with Crippen LogP contribution in [0, 0.1) is 5.82 Å². The van der Waals surface area contributed by atoms with E-state index in [0.717, 1.165) is 6.07 Å². The maximum absolute atomic E-state index is 13.8. The Morgan fingerprint density at radius 3 is 2.15 bits per heavy atom. The Morgan fingerprint density at radius 2 is 1.69 bits per heavy atom. The van der Waals surface area contributed by atoms with Crippen molar-refractivity contribution in [2.24, 2.45) is 0 Å². The van der Waals surface area contributed by atoms with Crippen molar-refractivity contribution in [3.05, 3.63) is 39.1 Å². The van der Waals surface area contributed by atoms with E-state index in [9.17, 15) is 14.0 Å². The summed E-state index contributed by atoms with van der Waals surface area (Å²) in [6, 6.07) is 0.662. The highest BCUT2D eigenvalue weighted by Gasteiger charge is 2.29. The molecule has 0 aliphatic rings. The molecule has 1 aromatic rings. The van der Waals surface area contributed by atoms with Crippen molar-refractivity contribution in [1.82, 2.24) is 15.6 Å². The minimum absolute atomic E-state index is 0.0627. The Kier molecular flexibility index (Phi) is 8.30. The minimum atomic E-state index is -0.919. The number of carbonyl (C=O) groups excluding carboxylic acids is 2. The largest absolute Gasteiger partial charge is 0.462 e. The van der Waals surface area contributed by atoms with Gasteiger partial charge >= 0.3 is 5.97 Å². The van der Waals surface area contributed by atoms with Crippen LogP contribution in [0.4, 0.5) is 4.39 Å². The Morgan fingerprint density at radius 1 is 1.15 bits per heavy atom. The Labute approximate surface area is 162 Å². The fourth-order valence-electron chi connectivity index (χ4n) is 2.01. The Hall–Kier alpha value is -1.86. The third-order valence-electron chi connectivity index (χ3n) is 2.95. The monoisotopic (exact) mass is 405 g/mol. The predicted octanol–water partition coefficient (Wildman–Crippen LogP) is 3.48. The second kappa shape index (κ2) is 9.73. The number of rotatable bonds is 8. The van der Waals surface area contributed by atoms with Gasteiger partial charge in [-0.1, -0.05) is 23.2 Å². The summed E-state index contributed by atoms with van der Waals surface area (Å²) in [7, 11) is 0. The van der Waals surface area contributed by atoms with Gasteiger partial charge in [-0.2, -0.15) is 0 Å². The van der Waals surface area contributed by atoms with E-state index in [2.05, 4.69) is 15.6 Å². The van der Waals surface area contributed by atoms with Crippen LogP contribution >= 0.6 is 23.2 Å². The van der Waals surface area contributed by atoms with Gasteiger partial charge in [-0.25, -0.2) is 14.2 Å². The van der Waals surface area contributed by atoms with E-state index in [4.69, 9.17) is 27.9 Å². The van der Waals surface area contributed by atoms with Crippen LogP contribution in [0.15, 0.2) is 17.5 Å². The number of hydrogen-bond acceptors (Lipinski definition) is 6. The molecule has 1 aromatic heterocycles. The molecule has 6 nitrogen and oxygen atoms in total. The topological polar surface area (TPSA) is 80.3 Å². The second-order valence-electron chi connectivity index (χ2n) is 6.00. The van der Waals surface area contributed by atoms with Crippen LogP contribution in [-0.2, 0) is 9.53 Å². The lowest BCUT2D eigenvalue weighted by atomic mass is 10.0. The lowest BCUT2D eigenvalue weighted by Gasteiger charge is -2.22. The number of hydrogen-bond donors (Lipinski definition) is 2. The van der Waals surface area contributed by atoms with Gasteiger partial charge in [0, 0.05) is 12.1 Å². The average molecular weight is 406 g/mol. The first-order valence-corrected chi connectivity index (χ1v) is 8.84. The zero-order chi connectivity index (χ0) is 20.0. The molecular formula is C17H22Cl2FN3O3. The lowest BCUT2D eigenvalue weighted by Crippen LogP contribution is -2.39. The summed E-state index contributed by atoms with van der Waals surface area (Å²) < 4.78 is 18.8. The first-order valence-electron chi connectivity index (χ1n) is 8.09. The Bertz CT molecular complexity index is 709. The van der Waals surface area contributed by atoms with Crippen LogP contribution in [0.5, 0.6) is 0 Å². The van der Waals surface area contributed by atoms with Gasteiger partial charge in [0.1, 0.15) is 16.5 Å². The molecule has 144 valence electrons. The number of nitrogens with zero attached hydrogens (tertiary/aromatic N) is 1. The van der Waals surface area contributed by atoms with Gasteiger partial charge in [-0.15, -0.1) is 0 Å². The van der Waals surface area contributed by atoms with E-state index >= 15 is 0 Å². The maximum atomic E-state index is 13.8. The van der Waals surface area contributed by atoms with Gasteiger partial charge in [0.25, 0.3) is 0 Å². The number of halogens is 3. The molecule has 2 N–H and O–H groups in total. The zero-order valence-electron chi connectivity index (χ0n) is 15.2. The molecule has 0 unspecified atom stereocenters. The van der Waals surface area contributed by atoms with Crippen LogP contribution in [0.25, 0.3) is 0 Å². The number of esters is 1. The normalized spacial score (nSPS) is 10.7. The maximum Gasteiger partial charge on any atom is 0.345 e. The lowest BCUT2D eigenvalue weighted by molar-refractivity contribution is -0.138. The van der Waals surface area contributed by atoms with Crippen molar-refractivity contribution in [3.63, 3.8) is 0 Å². The fourth-order valence-corrected chi connectivity index (χ4v) is 2.42. The molecule has 0 amide bonds. The first kappa shape index (κ1) is 22.2. The summed E-state index contributed by atoms with van der Waals surface area (Å²) in [5.74, 6) is -2.43. The van der Waals surface area contributed by atoms with E-state index in [1.54, 1.807) is 6.92 Å². The first-order chi connectivity index (χ1) is 12.1. The molecular weight excluding hydrogens is 384 g/mol. The van der Waals surface area contributed by atoms with Crippen LogP contribution in [0.2, 0.25) is 10.3 Å². The van der Waals surface area contributed by atoms with Gasteiger partial charge < -0.3 is 15.4 Å². The molecule has 0 atom stereocenters. The van der Waals surface area contributed by atoms with Crippen molar-refractivity contribution in [3.8, 4) is 0 Å². The van der Waals surface area contributed by atoms with E-state index in [-0.39, 0.29) is 40.8 Å². The number of Topliss-reactive ketones (excluding diaryl/α,β-unsaturated/α-hetero) is 1.